The van der Waals surface area contributed by atoms with E-state index in [9.17, 15) is 0 Å². The van der Waals surface area contributed by atoms with Gasteiger partial charge in [-0.15, -0.1) is 0 Å². The second kappa shape index (κ2) is 4.21. The minimum Gasteiger partial charge on any atom is -0.327 e. The van der Waals surface area contributed by atoms with Crippen LogP contribution < -0.4 is 5.73 Å². The molecule has 2 N–H and O–H groups in total. The van der Waals surface area contributed by atoms with Crippen LogP contribution in [-0.2, 0) is 0 Å². The van der Waals surface area contributed by atoms with Crippen molar-refractivity contribution in [3.8, 4) is 0 Å². The van der Waals surface area contributed by atoms with Gasteiger partial charge in [0.15, 0.2) is 0 Å². The van der Waals surface area contributed by atoms with E-state index in [-0.39, 0.29) is 0 Å². The van der Waals surface area contributed by atoms with Gasteiger partial charge in [0.2, 0.25) is 0 Å². The summed E-state index contributed by atoms with van der Waals surface area (Å²) in [6.45, 7) is 4.27. The van der Waals surface area contributed by atoms with Crippen molar-refractivity contribution in [2.45, 2.75) is 26.3 Å². The first-order chi connectivity index (χ1) is 3.68. The molecule has 1 nitrogen and oxygen atoms in total. The van der Waals surface area contributed by atoms with Gasteiger partial charge in [-0.3, -0.25) is 0 Å². The van der Waals surface area contributed by atoms with Crippen molar-refractivity contribution in [1.82, 2.24) is 0 Å². The molecule has 0 heterocycles. The Morgan fingerprint density at radius 1 is 1.50 bits per heavy atom. The van der Waals surface area contributed by atoms with E-state index in [0.29, 0.717) is 12.0 Å². The predicted molar refractivity (Wildman–Crippen MR) is 41.3 cm³/mol. The Morgan fingerprint density at radius 2 is 2.00 bits per heavy atom. The zero-order valence-electron chi connectivity index (χ0n) is 5.59. The molecule has 50 valence electrons. The minimum atomic E-state index is 0.340. The van der Waals surface area contributed by atoms with E-state index in [4.69, 9.17) is 5.73 Å². The van der Waals surface area contributed by atoms with Crippen molar-refractivity contribution in [3.63, 3.8) is 0 Å². The molecule has 0 bridgehead atoms. The first-order valence-corrected chi connectivity index (χ1v) is 3.68. The zero-order valence-corrected chi connectivity index (χ0v) is 6.49. The van der Waals surface area contributed by atoms with Gasteiger partial charge in [-0.05, 0) is 18.1 Å². The van der Waals surface area contributed by atoms with E-state index in [1.807, 2.05) is 0 Å². The molecule has 0 aliphatic carbocycles. The number of nitrogens with two attached hydrogens (primary N) is 1. The highest BCUT2D eigenvalue weighted by Crippen LogP contribution is 2.02. The Balaban J connectivity index is 3.17. The maximum Gasteiger partial charge on any atom is 0.00696 e. The van der Waals surface area contributed by atoms with Crippen LogP contribution in [0.3, 0.4) is 0 Å². The van der Waals surface area contributed by atoms with Gasteiger partial charge in [-0.25, -0.2) is 0 Å². The van der Waals surface area contributed by atoms with Crippen LogP contribution in [0.5, 0.6) is 0 Å². The van der Waals surface area contributed by atoms with E-state index < -0.39 is 0 Å². The summed E-state index contributed by atoms with van der Waals surface area (Å²) >= 11 is 4.07. The fourth-order valence-corrected chi connectivity index (χ4v) is 0.781. The molecule has 0 spiro atoms. The molecule has 0 aliphatic heterocycles. The Labute approximate surface area is 57.1 Å². The van der Waals surface area contributed by atoms with Gasteiger partial charge >= 0.3 is 0 Å². The lowest BCUT2D eigenvalue weighted by Crippen LogP contribution is -2.26. The van der Waals surface area contributed by atoms with Crippen molar-refractivity contribution in [2.75, 3.05) is 5.75 Å². The molecule has 2 heteroatoms. The molecule has 0 aromatic carbocycles. The van der Waals surface area contributed by atoms with Crippen LogP contribution in [0, 0.1) is 5.92 Å². The SMILES string of the molecule is CC(C)C(N)CCS. The standard InChI is InChI=1S/C6H15NS/c1-5(2)6(7)3-4-8/h5-6,8H,3-4,7H2,1-2H3. The normalized spacial score (nSPS) is 14.6. The maximum atomic E-state index is 5.68. The fraction of sp³-hybridized carbons (Fsp3) is 1.00. The lowest BCUT2D eigenvalue weighted by Gasteiger charge is -2.12. The molecule has 0 rings (SSSR count). The zero-order chi connectivity index (χ0) is 6.57. The number of thiol groups is 1. The maximum absolute atomic E-state index is 5.68. The second-order valence-electron chi connectivity index (χ2n) is 2.42. The Morgan fingerprint density at radius 3 is 2.12 bits per heavy atom. The third-order valence-corrected chi connectivity index (χ3v) is 1.58. The Hall–Kier alpha value is 0.310. The fourth-order valence-electron chi connectivity index (χ4n) is 0.482. The van der Waals surface area contributed by atoms with Crippen molar-refractivity contribution in [3.05, 3.63) is 0 Å². The summed E-state index contributed by atoms with van der Waals surface area (Å²) in [5, 5.41) is 0. The quantitative estimate of drug-likeness (QED) is 0.557. The van der Waals surface area contributed by atoms with E-state index in [0.717, 1.165) is 12.2 Å². The molecule has 0 aromatic rings. The van der Waals surface area contributed by atoms with Crippen LogP contribution in [0.2, 0.25) is 0 Å². The Bertz CT molecular complexity index is 54.5. The van der Waals surface area contributed by atoms with Gasteiger partial charge in [0.25, 0.3) is 0 Å². The molecular weight excluding hydrogens is 118 g/mol. The van der Waals surface area contributed by atoms with E-state index in [1.165, 1.54) is 0 Å². The van der Waals surface area contributed by atoms with Gasteiger partial charge in [-0.1, -0.05) is 13.8 Å². The lowest BCUT2D eigenvalue weighted by atomic mass is 10.0. The van der Waals surface area contributed by atoms with E-state index in [1.54, 1.807) is 0 Å². The van der Waals surface area contributed by atoms with Gasteiger partial charge < -0.3 is 5.73 Å². The topological polar surface area (TPSA) is 26.0 Å². The summed E-state index contributed by atoms with van der Waals surface area (Å²) in [6.07, 6.45) is 1.03. The third-order valence-electron chi connectivity index (χ3n) is 1.32. The molecular formula is C6H15NS. The predicted octanol–water partition coefficient (Wildman–Crippen LogP) is 1.29. The van der Waals surface area contributed by atoms with Crippen LogP contribution >= 0.6 is 12.6 Å². The average Bonchev–Trinajstić information content (AvgIpc) is 1.67. The number of hydrogen-bond acceptors (Lipinski definition) is 2. The summed E-state index contributed by atoms with van der Waals surface area (Å²) in [4.78, 5) is 0. The van der Waals surface area contributed by atoms with Crippen LogP contribution in [0.4, 0.5) is 0 Å². The van der Waals surface area contributed by atoms with Crippen molar-refractivity contribution in [2.24, 2.45) is 11.7 Å². The highest BCUT2D eigenvalue weighted by molar-refractivity contribution is 7.80. The van der Waals surface area contributed by atoms with Crippen LogP contribution in [0.25, 0.3) is 0 Å². The molecule has 0 amide bonds. The second-order valence-corrected chi connectivity index (χ2v) is 2.87. The number of hydrogen-bond donors (Lipinski definition) is 2. The smallest absolute Gasteiger partial charge is 0.00696 e. The first-order valence-electron chi connectivity index (χ1n) is 3.05. The van der Waals surface area contributed by atoms with Crippen molar-refractivity contribution < 1.29 is 0 Å². The number of rotatable bonds is 3. The summed E-state index contributed by atoms with van der Waals surface area (Å²) in [5.74, 6) is 1.50. The molecule has 0 saturated carbocycles. The van der Waals surface area contributed by atoms with Crippen molar-refractivity contribution >= 4 is 12.6 Å². The van der Waals surface area contributed by atoms with Gasteiger partial charge in [0.1, 0.15) is 0 Å². The molecule has 0 aliphatic rings. The van der Waals surface area contributed by atoms with Gasteiger partial charge in [-0.2, -0.15) is 12.6 Å². The summed E-state index contributed by atoms with van der Waals surface area (Å²) in [5.41, 5.74) is 5.68. The molecule has 8 heavy (non-hydrogen) atoms. The first kappa shape index (κ1) is 8.31. The monoisotopic (exact) mass is 133 g/mol. The summed E-state index contributed by atoms with van der Waals surface area (Å²) < 4.78 is 0. The minimum absolute atomic E-state index is 0.340. The Kier molecular flexibility index (Phi) is 4.38. The third kappa shape index (κ3) is 3.33. The van der Waals surface area contributed by atoms with Crippen molar-refractivity contribution in [1.29, 1.82) is 0 Å². The highest BCUT2D eigenvalue weighted by atomic mass is 32.1. The lowest BCUT2D eigenvalue weighted by molar-refractivity contribution is 0.484. The molecule has 0 aromatic heterocycles. The van der Waals surface area contributed by atoms with Crippen LogP contribution in [0.15, 0.2) is 0 Å². The highest BCUT2D eigenvalue weighted by Gasteiger charge is 2.04. The van der Waals surface area contributed by atoms with Gasteiger partial charge in [0.05, 0.1) is 0 Å². The molecule has 1 unspecified atom stereocenters. The molecule has 0 radical (unpaired) electrons. The summed E-state index contributed by atoms with van der Waals surface area (Å²) in [6, 6.07) is 0.340. The van der Waals surface area contributed by atoms with Crippen LogP contribution in [-0.4, -0.2) is 11.8 Å². The molecule has 0 fully saturated rings. The van der Waals surface area contributed by atoms with Crippen LogP contribution in [0.1, 0.15) is 20.3 Å². The van der Waals surface area contributed by atoms with Gasteiger partial charge in [0, 0.05) is 6.04 Å². The molecule has 0 saturated heterocycles. The van der Waals surface area contributed by atoms with E-state index in [2.05, 4.69) is 26.5 Å². The largest absolute Gasteiger partial charge is 0.327 e. The van der Waals surface area contributed by atoms with E-state index >= 15 is 0 Å². The molecule has 1 atom stereocenters. The summed E-state index contributed by atoms with van der Waals surface area (Å²) in [7, 11) is 0. The average molecular weight is 133 g/mol.